The first kappa shape index (κ1) is 78.3. The minimum atomic E-state index is -1.19. The van der Waals surface area contributed by atoms with Crippen molar-refractivity contribution in [3.63, 3.8) is 0 Å². The zero-order valence-electron chi connectivity index (χ0n) is 52.8. The minimum Gasteiger partial charge on any atom is -0.480 e. The smallest absolute Gasteiger partial charge is 0.480 e. The van der Waals surface area contributed by atoms with E-state index in [4.69, 9.17) is 10.2 Å². The van der Waals surface area contributed by atoms with Gasteiger partial charge in [0.25, 0.3) is 0 Å². The van der Waals surface area contributed by atoms with Crippen molar-refractivity contribution in [2.45, 2.75) is 73.0 Å². The molecule has 3 aromatic carbocycles. The number of benzene rings is 3. The molecular weight excluding hydrogens is 1690 g/mol. The fourth-order valence-corrected chi connectivity index (χ4v) is 10.8. The second-order valence-electron chi connectivity index (χ2n) is 21.9. The zero-order valence-corrected chi connectivity index (χ0v) is 60.2. The van der Waals surface area contributed by atoms with Crippen LogP contribution in [0.5, 0.6) is 0 Å². The minimum absolute atomic E-state index is 0. The summed E-state index contributed by atoms with van der Waals surface area (Å²) in [5, 5.41) is 50.5. The number of hydrogen-bond acceptors (Lipinski definition) is 19. The Balaban J connectivity index is 0.000000258. The van der Waals surface area contributed by atoms with Gasteiger partial charge in [-0.1, -0.05) is 120 Å². The summed E-state index contributed by atoms with van der Waals surface area (Å²) in [7, 11) is 0. The van der Waals surface area contributed by atoms with Gasteiger partial charge in [0.2, 0.25) is 0 Å². The first-order valence-electron chi connectivity index (χ1n) is 29.8. The van der Waals surface area contributed by atoms with Crippen molar-refractivity contribution in [3.8, 4) is 0 Å². The normalized spacial score (nSPS) is 10.9. The van der Waals surface area contributed by atoms with E-state index in [2.05, 4.69) is 65.0 Å². The molecule has 0 unspecified atom stereocenters. The third kappa shape index (κ3) is 26.7. The summed E-state index contributed by atoms with van der Waals surface area (Å²) in [6.07, 6.45) is 8.16. The molecular formula is C66H73Ir2N16O10RuS-. The van der Waals surface area contributed by atoms with Crippen LogP contribution in [-0.4, -0.2) is 169 Å². The fourth-order valence-electron chi connectivity index (χ4n) is 10.3. The average molecular weight is 1770 g/mol. The molecule has 96 heavy (non-hydrogen) atoms. The van der Waals surface area contributed by atoms with Crippen LogP contribution >= 0.6 is 11.3 Å². The van der Waals surface area contributed by atoms with E-state index in [9.17, 15) is 39.3 Å². The van der Waals surface area contributed by atoms with Gasteiger partial charge in [-0.25, -0.2) is 4.98 Å². The number of rotatable bonds is 33. The number of carbonyl (C=O) groups is 5. The van der Waals surface area contributed by atoms with Crippen LogP contribution in [0.1, 0.15) is 63.8 Å². The van der Waals surface area contributed by atoms with E-state index >= 15 is 0 Å². The number of imidazole rings is 3. The molecule has 2 radical (unpaired) electrons. The Morgan fingerprint density at radius 3 is 1.22 bits per heavy atom. The number of anilines is 2. The van der Waals surface area contributed by atoms with Crippen LogP contribution in [-0.2, 0) is 129 Å². The zero-order chi connectivity index (χ0) is 66.1. The van der Waals surface area contributed by atoms with Gasteiger partial charge >= 0.3 is 49.3 Å². The Bertz CT molecular complexity index is 3880. The summed E-state index contributed by atoms with van der Waals surface area (Å²) in [6, 6.07) is 35.0. The third-order valence-electron chi connectivity index (χ3n) is 14.2. The van der Waals surface area contributed by atoms with Crippen molar-refractivity contribution in [2.24, 2.45) is 0 Å². The van der Waals surface area contributed by atoms with Crippen molar-refractivity contribution < 1.29 is 109 Å². The number of thiazole rings is 1. The Kier molecular flexibility index (Phi) is 32.8. The van der Waals surface area contributed by atoms with Crippen molar-refractivity contribution in [1.29, 1.82) is 0 Å². The predicted octanol–water partition coefficient (Wildman–Crippen LogP) is 6.62. The number of para-hydroxylation sites is 4. The molecule has 0 aliphatic rings. The van der Waals surface area contributed by atoms with E-state index in [1.165, 1.54) is 9.80 Å². The van der Waals surface area contributed by atoms with E-state index < -0.39 is 42.9 Å². The van der Waals surface area contributed by atoms with E-state index in [-0.39, 0.29) is 85.9 Å². The van der Waals surface area contributed by atoms with E-state index in [1.54, 1.807) is 69.8 Å². The molecule has 510 valence electrons. The van der Waals surface area contributed by atoms with Crippen LogP contribution in [0.2, 0.25) is 0 Å². The maximum absolute atomic E-state index is 11.5. The maximum atomic E-state index is 11.5. The van der Waals surface area contributed by atoms with Crippen molar-refractivity contribution in [1.82, 2.24) is 69.4 Å². The Hall–Kier alpha value is -8.40. The van der Waals surface area contributed by atoms with Gasteiger partial charge in [-0.05, 0) is 75.7 Å². The van der Waals surface area contributed by atoms with E-state index in [1.807, 2.05) is 118 Å². The van der Waals surface area contributed by atoms with Gasteiger partial charge in [0.05, 0.1) is 70.3 Å². The summed E-state index contributed by atoms with van der Waals surface area (Å²) in [4.78, 5) is 112. The summed E-state index contributed by atoms with van der Waals surface area (Å²) in [5.74, 6) is -2.92. The molecule has 0 bridgehead atoms. The molecule has 10 aromatic rings. The number of fused-ring (bicyclic) bond motifs is 2. The number of aromatic nitrogens is 10. The summed E-state index contributed by atoms with van der Waals surface area (Å²) in [6.45, 7) is 10.5. The largest absolute Gasteiger partial charge is 2.00 e. The second kappa shape index (κ2) is 40.2. The Morgan fingerprint density at radius 1 is 0.406 bits per heavy atom. The predicted molar refractivity (Wildman–Crippen MR) is 348 cm³/mol. The van der Waals surface area contributed by atoms with Crippen LogP contribution in [0.4, 0.5) is 11.4 Å². The standard InChI is InChI=1S/C26H26N4O4.C22H28N9S.C18H19N3O6.2Ir.Ru/c31-25(32)17-29(15-21-11-9-19-5-1-3-7-23(19)27-21)13-14-30(18-26(33)34)16-22-12-10-20-6-2-4-8-24(20)28-22;1-16-23-7-19(27-16)10-30(11-20-8-24-17(2)28-20)5-4-6-31(13-22-14-32-15-26-22)12-21-9-25-18(3)29-21;22-16(23)10-20(9-13-5-3-4-8-19-13)14-6-1-2-7-15(14)21(11-17(24)25)12-18(26)27;;;/h1-12H,13-18H2,(H,31,32)(H,33,34);7-9,14-15H,4-6,10-13H2,1-3H3;1-8H,9-12H2,(H,22,23)(H,24,25)(H,26,27);;;/q;-3;;;;+2. The molecule has 5 N–H and O–H groups in total. The summed E-state index contributed by atoms with van der Waals surface area (Å²) < 4.78 is 0. The molecule has 26 nitrogen and oxygen atoms in total. The summed E-state index contributed by atoms with van der Waals surface area (Å²) >= 11 is 1.63. The van der Waals surface area contributed by atoms with Crippen LogP contribution in [0, 0.1) is 20.8 Å². The van der Waals surface area contributed by atoms with Crippen LogP contribution in [0.15, 0.2) is 151 Å². The third-order valence-corrected chi connectivity index (χ3v) is 14.9. The molecule has 30 heteroatoms. The molecule has 0 spiro atoms. The van der Waals surface area contributed by atoms with Gasteiger partial charge in [0, 0.05) is 128 Å². The van der Waals surface area contributed by atoms with Gasteiger partial charge < -0.3 is 65.2 Å². The number of carboxylic acid groups (broad SMARTS) is 5. The molecule has 0 fully saturated rings. The monoisotopic (exact) mass is 1770 g/mol. The maximum Gasteiger partial charge on any atom is 2.00 e. The van der Waals surface area contributed by atoms with E-state index in [0.29, 0.717) is 43.2 Å². The van der Waals surface area contributed by atoms with Crippen LogP contribution in [0.3, 0.4) is 0 Å². The van der Waals surface area contributed by atoms with Crippen molar-refractivity contribution in [3.05, 3.63) is 208 Å². The molecule has 0 aliphatic heterocycles. The number of carboxylic acids is 5. The topological polar surface area (TPSA) is 338 Å². The van der Waals surface area contributed by atoms with Crippen LogP contribution in [0.25, 0.3) is 21.8 Å². The Morgan fingerprint density at radius 2 is 0.812 bits per heavy atom. The van der Waals surface area contributed by atoms with E-state index in [0.717, 1.165) is 119 Å². The first-order valence-corrected chi connectivity index (χ1v) is 30.7. The molecule has 0 atom stereocenters. The number of aryl methyl sites for hydroxylation is 3. The summed E-state index contributed by atoms with van der Waals surface area (Å²) in [5.41, 5.74) is 10.5. The molecule has 0 aliphatic carbocycles. The van der Waals surface area contributed by atoms with Gasteiger partial charge in [0.15, 0.2) is 0 Å². The molecule has 7 heterocycles. The SMILES string of the molecule is Cc1ncc(CN(CCCN(Cc2cnc(C)[n-]2)Cc2cnc(C)[n-]2)Cc2cscn2)[n-]1.O=C(O)CN(CC(=O)O)c1ccccc1N(CC(=O)O)Cc1ccccn1.O=C(O)CN(CCN(CC(=O)O)Cc1ccc2ccccc2n1)Cc1ccc2ccccc2n1.[Ir].[Ir].[Ru+2]. The molecule has 10 rings (SSSR count). The van der Waals surface area contributed by atoms with Crippen LogP contribution < -0.4 is 24.8 Å². The first-order chi connectivity index (χ1) is 44.9. The number of nitrogens with zero attached hydrogens (tertiary/aromatic N) is 16. The molecule has 0 amide bonds. The molecule has 0 saturated heterocycles. The molecule has 7 aromatic heterocycles. The number of pyridine rings is 3. The van der Waals surface area contributed by atoms with Gasteiger partial charge in [-0.15, -0.1) is 11.3 Å². The van der Waals surface area contributed by atoms with Crippen molar-refractivity contribution >= 4 is 74.4 Å². The second-order valence-corrected chi connectivity index (χ2v) is 22.6. The Labute approximate surface area is 598 Å². The average Bonchev–Trinajstić information content (AvgIpc) is 1.13. The number of aliphatic carboxylic acids is 5. The molecule has 0 saturated carbocycles. The van der Waals surface area contributed by atoms with Gasteiger partial charge in [-0.3, -0.25) is 58.5 Å². The quantitative estimate of drug-likeness (QED) is 0.0270. The van der Waals surface area contributed by atoms with Gasteiger partial charge in [0.1, 0.15) is 19.6 Å². The number of hydrogen-bond donors (Lipinski definition) is 5. The van der Waals surface area contributed by atoms with Crippen molar-refractivity contribution in [2.75, 3.05) is 68.7 Å². The fraction of sp³-hybridized carbons (Fsp3) is 0.303. The van der Waals surface area contributed by atoms with Gasteiger partial charge in [-0.2, -0.15) is 0 Å².